The zero-order chi connectivity index (χ0) is 12.4. The number of anilines is 1. The lowest BCUT2D eigenvalue weighted by atomic mass is 10.1. The molecule has 5 heteroatoms. The third-order valence-corrected chi connectivity index (χ3v) is 4.85. The second-order valence-electron chi connectivity index (χ2n) is 4.99. The summed E-state index contributed by atoms with van der Waals surface area (Å²) in [7, 11) is 0. The minimum Gasteiger partial charge on any atom is -0.374 e. The van der Waals surface area contributed by atoms with Gasteiger partial charge in [0, 0.05) is 24.2 Å². The number of fused-ring (bicyclic) bond motifs is 1. The van der Waals surface area contributed by atoms with Crippen molar-refractivity contribution in [3.05, 3.63) is 11.1 Å². The van der Waals surface area contributed by atoms with E-state index in [1.165, 1.54) is 29.3 Å². The number of nitrogens with one attached hydrogen (secondary N) is 1. The van der Waals surface area contributed by atoms with Gasteiger partial charge in [-0.2, -0.15) is 0 Å². The van der Waals surface area contributed by atoms with Crippen LogP contribution < -0.4 is 10.2 Å². The first-order valence-corrected chi connectivity index (χ1v) is 7.74. The Balaban J connectivity index is 1.71. The number of ether oxygens (including phenoxy) is 1. The van der Waals surface area contributed by atoms with Gasteiger partial charge in [-0.15, -0.1) is 11.3 Å². The topological polar surface area (TPSA) is 37.4 Å². The first-order chi connectivity index (χ1) is 8.88. The van der Waals surface area contributed by atoms with Crippen molar-refractivity contribution in [2.24, 2.45) is 0 Å². The molecule has 1 aromatic heterocycles. The van der Waals surface area contributed by atoms with Crippen LogP contribution in [0.1, 0.15) is 31.1 Å². The molecule has 2 unspecified atom stereocenters. The normalized spacial score (nSPS) is 27.5. The lowest BCUT2D eigenvalue weighted by Crippen LogP contribution is -2.48. The lowest BCUT2D eigenvalue weighted by Gasteiger charge is -2.37. The van der Waals surface area contributed by atoms with E-state index in [-0.39, 0.29) is 0 Å². The Morgan fingerprint density at radius 1 is 1.56 bits per heavy atom. The molecule has 1 saturated carbocycles. The highest BCUT2D eigenvalue weighted by molar-refractivity contribution is 7.15. The molecule has 3 rings (SSSR count). The van der Waals surface area contributed by atoms with E-state index in [2.05, 4.69) is 22.1 Å². The molecule has 1 saturated heterocycles. The Hall–Kier alpha value is -0.650. The van der Waals surface area contributed by atoms with Gasteiger partial charge in [0.15, 0.2) is 5.13 Å². The quantitative estimate of drug-likeness (QED) is 0.905. The van der Waals surface area contributed by atoms with E-state index >= 15 is 0 Å². The van der Waals surface area contributed by atoms with Gasteiger partial charge in [-0.25, -0.2) is 4.98 Å². The van der Waals surface area contributed by atoms with Gasteiger partial charge in [0.2, 0.25) is 0 Å². The van der Waals surface area contributed by atoms with E-state index in [0.717, 1.165) is 26.2 Å². The van der Waals surface area contributed by atoms with Gasteiger partial charge in [-0.1, -0.05) is 6.92 Å². The fourth-order valence-corrected chi connectivity index (χ4v) is 3.89. The van der Waals surface area contributed by atoms with Gasteiger partial charge in [0.1, 0.15) is 0 Å². The van der Waals surface area contributed by atoms with Crippen LogP contribution in [0.25, 0.3) is 0 Å². The van der Waals surface area contributed by atoms with Gasteiger partial charge in [-0.3, -0.25) is 0 Å². The molecule has 1 aliphatic carbocycles. The van der Waals surface area contributed by atoms with Gasteiger partial charge in [-0.05, 0) is 25.8 Å². The van der Waals surface area contributed by atoms with Gasteiger partial charge in [0.05, 0.1) is 18.8 Å². The summed E-state index contributed by atoms with van der Waals surface area (Å²) < 4.78 is 5.85. The van der Waals surface area contributed by atoms with Gasteiger partial charge >= 0.3 is 0 Å². The molecule has 2 aliphatic rings. The minimum absolute atomic E-state index is 0.444. The van der Waals surface area contributed by atoms with Crippen molar-refractivity contribution in [3.63, 3.8) is 0 Å². The molecule has 18 heavy (non-hydrogen) atoms. The molecule has 4 nitrogen and oxygen atoms in total. The van der Waals surface area contributed by atoms with E-state index in [4.69, 9.17) is 4.74 Å². The lowest BCUT2D eigenvalue weighted by molar-refractivity contribution is 0.0256. The van der Waals surface area contributed by atoms with Crippen molar-refractivity contribution < 1.29 is 4.74 Å². The second-order valence-corrected chi connectivity index (χ2v) is 6.08. The fourth-order valence-electron chi connectivity index (χ4n) is 2.92. The Kier molecular flexibility index (Phi) is 3.82. The fraction of sp³-hybridized carbons (Fsp3) is 0.769. The van der Waals surface area contributed by atoms with Gasteiger partial charge < -0.3 is 15.0 Å². The molecule has 0 amide bonds. The molecule has 0 spiro atoms. The highest BCUT2D eigenvalue weighted by Gasteiger charge is 2.37. The third-order valence-electron chi connectivity index (χ3n) is 3.82. The Labute approximate surface area is 112 Å². The molecule has 1 aliphatic heterocycles. The van der Waals surface area contributed by atoms with Gasteiger partial charge in [0.25, 0.3) is 0 Å². The number of aromatic nitrogens is 1. The standard InChI is InChI=1S/C13H21N3OS/c1-2-14-8-10-9-15-13(18-10)16-6-7-17-12-5-3-4-11(12)16/h9,11-12,14H,2-8H2,1H3. The van der Waals surface area contributed by atoms with Crippen molar-refractivity contribution in [1.29, 1.82) is 0 Å². The predicted octanol–water partition coefficient (Wildman–Crippen LogP) is 2.01. The molecule has 0 radical (unpaired) electrons. The van der Waals surface area contributed by atoms with Crippen molar-refractivity contribution in [2.45, 2.75) is 44.9 Å². The SMILES string of the molecule is CCNCc1cnc(N2CCOC3CCCC32)s1. The van der Waals surface area contributed by atoms with Crippen molar-refractivity contribution in [2.75, 3.05) is 24.6 Å². The van der Waals surface area contributed by atoms with E-state index < -0.39 is 0 Å². The summed E-state index contributed by atoms with van der Waals surface area (Å²) in [6, 6.07) is 0.567. The summed E-state index contributed by atoms with van der Waals surface area (Å²) in [5.74, 6) is 0. The summed E-state index contributed by atoms with van der Waals surface area (Å²) in [6.45, 7) is 5.92. The van der Waals surface area contributed by atoms with Crippen LogP contribution in [0.3, 0.4) is 0 Å². The van der Waals surface area contributed by atoms with Crippen LogP contribution in [0.4, 0.5) is 5.13 Å². The summed E-state index contributed by atoms with van der Waals surface area (Å²) in [5.41, 5.74) is 0. The van der Waals surface area contributed by atoms with Crippen molar-refractivity contribution in [1.82, 2.24) is 10.3 Å². The Bertz CT molecular complexity index is 395. The van der Waals surface area contributed by atoms with Crippen LogP contribution >= 0.6 is 11.3 Å². The second kappa shape index (κ2) is 5.55. The predicted molar refractivity (Wildman–Crippen MR) is 74.2 cm³/mol. The van der Waals surface area contributed by atoms with Crippen molar-refractivity contribution >= 4 is 16.5 Å². The maximum absolute atomic E-state index is 5.85. The molecular formula is C13H21N3OS. The molecule has 2 atom stereocenters. The summed E-state index contributed by atoms with van der Waals surface area (Å²) in [5, 5.41) is 4.54. The van der Waals surface area contributed by atoms with Crippen LogP contribution in [-0.4, -0.2) is 36.8 Å². The molecule has 1 N–H and O–H groups in total. The number of thiazole rings is 1. The summed E-state index contributed by atoms with van der Waals surface area (Å²) in [4.78, 5) is 8.40. The average Bonchev–Trinajstić information content (AvgIpc) is 3.04. The molecule has 0 bridgehead atoms. The largest absolute Gasteiger partial charge is 0.374 e. The molecule has 1 aromatic rings. The Morgan fingerprint density at radius 3 is 3.39 bits per heavy atom. The maximum Gasteiger partial charge on any atom is 0.185 e. The number of hydrogen-bond donors (Lipinski definition) is 1. The number of morpholine rings is 1. The van der Waals surface area contributed by atoms with E-state index in [0.29, 0.717) is 12.1 Å². The van der Waals surface area contributed by atoms with Crippen LogP contribution in [0.2, 0.25) is 0 Å². The van der Waals surface area contributed by atoms with Crippen LogP contribution in [0, 0.1) is 0 Å². The van der Waals surface area contributed by atoms with Crippen LogP contribution in [0.5, 0.6) is 0 Å². The summed E-state index contributed by atoms with van der Waals surface area (Å²) >= 11 is 1.83. The number of hydrogen-bond acceptors (Lipinski definition) is 5. The minimum atomic E-state index is 0.444. The molecule has 2 heterocycles. The molecule has 2 fully saturated rings. The summed E-state index contributed by atoms with van der Waals surface area (Å²) in [6.07, 6.45) is 6.23. The number of rotatable bonds is 4. The zero-order valence-corrected chi connectivity index (χ0v) is 11.7. The Morgan fingerprint density at radius 2 is 2.50 bits per heavy atom. The van der Waals surface area contributed by atoms with Crippen molar-refractivity contribution in [3.8, 4) is 0 Å². The smallest absolute Gasteiger partial charge is 0.185 e. The third kappa shape index (κ3) is 2.39. The highest BCUT2D eigenvalue weighted by atomic mass is 32.1. The van der Waals surface area contributed by atoms with E-state index in [9.17, 15) is 0 Å². The highest BCUT2D eigenvalue weighted by Crippen LogP contribution is 2.34. The average molecular weight is 267 g/mol. The van der Waals surface area contributed by atoms with Crippen LogP contribution in [-0.2, 0) is 11.3 Å². The molecular weight excluding hydrogens is 246 g/mol. The number of nitrogens with zero attached hydrogens (tertiary/aromatic N) is 2. The first kappa shape index (κ1) is 12.4. The molecule has 0 aromatic carbocycles. The first-order valence-electron chi connectivity index (χ1n) is 6.92. The van der Waals surface area contributed by atoms with E-state index in [1.807, 2.05) is 17.5 Å². The monoisotopic (exact) mass is 267 g/mol. The van der Waals surface area contributed by atoms with Crippen LogP contribution in [0.15, 0.2) is 6.20 Å². The molecule has 100 valence electrons. The maximum atomic E-state index is 5.85. The zero-order valence-electron chi connectivity index (χ0n) is 10.9. The van der Waals surface area contributed by atoms with E-state index in [1.54, 1.807) is 0 Å².